The van der Waals surface area contributed by atoms with Crippen molar-refractivity contribution in [2.75, 3.05) is 5.32 Å². The highest BCUT2D eigenvalue weighted by atomic mass is 35.5. The number of nitrogens with one attached hydrogen (secondary N) is 2. The Morgan fingerprint density at radius 3 is 2.50 bits per heavy atom. The van der Waals surface area contributed by atoms with Gasteiger partial charge in [-0.1, -0.05) is 24.4 Å². The standard InChI is InChI=1S/C14H17ClN2O3/c1-14(4-2-3-5-14)17-13(20)16-11-7-9(12(18)19)6-10(15)8-11/h6-8H,2-5H2,1H3,(H,18,19)(H2,16,17,20). The average molecular weight is 297 g/mol. The minimum Gasteiger partial charge on any atom is -0.478 e. The predicted octanol–water partition coefficient (Wildman–Crippen LogP) is 3.49. The Labute approximate surface area is 122 Å². The van der Waals surface area contributed by atoms with E-state index in [0.717, 1.165) is 25.7 Å². The summed E-state index contributed by atoms with van der Waals surface area (Å²) in [7, 11) is 0. The number of amides is 2. The molecule has 1 saturated carbocycles. The highest BCUT2D eigenvalue weighted by molar-refractivity contribution is 6.31. The largest absolute Gasteiger partial charge is 0.478 e. The molecule has 108 valence electrons. The Kier molecular flexibility index (Phi) is 4.18. The first kappa shape index (κ1) is 14.7. The summed E-state index contributed by atoms with van der Waals surface area (Å²) in [4.78, 5) is 22.9. The first-order valence-corrected chi connectivity index (χ1v) is 6.89. The molecule has 20 heavy (non-hydrogen) atoms. The van der Waals surface area contributed by atoms with Crippen molar-refractivity contribution >= 4 is 29.3 Å². The molecular weight excluding hydrogens is 280 g/mol. The van der Waals surface area contributed by atoms with Crippen LogP contribution in [0.3, 0.4) is 0 Å². The Morgan fingerprint density at radius 1 is 1.25 bits per heavy atom. The number of carbonyl (C=O) groups is 2. The second kappa shape index (κ2) is 5.71. The number of hydrogen-bond acceptors (Lipinski definition) is 2. The molecule has 0 radical (unpaired) electrons. The van der Waals surface area contributed by atoms with Crippen LogP contribution in [0, 0.1) is 0 Å². The van der Waals surface area contributed by atoms with Crippen molar-refractivity contribution in [2.24, 2.45) is 0 Å². The molecule has 1 aromatic rings. The zero-order chi connectivity index (χ0) is 14.8. The third-order valence-corrected chi connectivity index (χ3v) is 3.74. The van der Waals surface area contributed by atoms with E-state index in [1.807, 2.05) is 6.92 Å². The minimum atomic E-state index is -1.08. The molecule has 0 bridgehead atoms. The molecule has 6 heteroatoms. The topological polar surface area (TPSA) is 78.4 Å². The third-order valence-electron chi connectivity index (χ3n) is 3.53. The molecule has 0 aromatic heterocycles. The molecule has 0 atom stereocenters. The van der Waals surface area contributed by atoms with Crippen LogP contribution in [-0.2, 0) is 0 Å². The summed E-state index contributed by atoms with van der Waals surface area (Å²) in [5.41, 5.74) is 0.229. The number of urea groups is 1. The lowest BCUT2D eigenvalue weighted by Gasteiger charge is -2.25. The number of rotatable bonds is 3. The van der Waals surface area contributed by atoms with Crippen LogP contribution in [0.25, 0.3) is 0 Å². The fourth-order valence-electron chi connectivity index (χ4n) is 2.50. The molecule has 1 aromatic carbocycles. The minimum absolute atomic E-state index is 0.0416. The summed E-state index contributed by atoms with van der Waals surface area (Å²) in [6.07, 6.45) is 4.13. The second-order valence-corrected chi connectivity index (χ2v) is 5.82. The number of carboxylic acid groups (broad SMARTS) is 1. The number of halogens is 1. The van der Waals surface area contributed by atoms with Gasteiger partial charge >= 0.3 is 12.0 Å². The Balaban J connectivity index is 2.05. The van der Waals surface area contributed by atoms with Crippen LogP contribution in [0.1, 0.15) is 43.0 Å². The number of benzene rings is 1. The molecule has 3 N–H and O–H groups in total. The molecule has 2 rings (SSSR count). The summed E-state index contributed by atoms with van der Waals surface area (Å²) in [5, 5.41) is 14.8. The lowest BCUT2D eigenvalue weighted by Crippen LogP contribution is -2.45. The van der Waals surface area contributed by atoms with E-state index < -0.39 is 5.97 Å². The van der Waals surface area contributed by atoms with Crippen molar-refractivity contribution in [3.63, 3.8) is 0 Å². The average Bonchev–Trinajstić information content (AvgIpc) is 2.74. The van der Waals surface area contributed by atoms with Crippen LogP contribution in [0.15, 0.2) is 18.2 Å². The van der Waals surface area contributed by atoms with E-state index >= 15 is 0 Å². The summed E-state index contributed by atoms with van der Waals surface area (Å²) < 4.78 is 0. The fourth-order valence-corrected chi connectivity index (χ4v) is 2.74. The van der Waals surface area contributed by atoms with Gasteiger partial charge in [-0.05, 0) is 38.0 Å². The van der Waals surface area contributed by atoms with Gasteiger partial charge in [-0.15, -0.1) is 0 Å². The Hall–Kier alpha value is -1.75. The van der Waals surface area contributed by atoms with Gasteiger partial charge in [0, 0.05) is 16.2 Å². The number of aromatic carboxylic acids is 1. The van der Waals surface area contributed by atoms with E-state index in [2.05, 4.69) is 10.6 Å². The zero-order valence-corrected chi connectivity index (χ0v) is 12.0. The maximum Gasteiger partial charge on any atom is 0.335 e. The second-order valence-electron chi connectivity index (χ2n) is 5.38. The van der Waals surface area contributed by atoms with Gasteiger partial charge in [-0.2, -0.15) is 0 Å². The lowest BCUT2D eigenvalue weighted by molar-refractivity contribution is 0.0697. The van der Waals surface area contributed by atoms with Crippen molar-refractivity contribution in [3.05, 3.63) is 28.8 Å². The predicted molar refractivity (Wildman–Crippen MR) is 77.4 cm³/mol. The third kappa shape index (κ3) is 3.63. The summed E-state index contributed by atoms with van der Waals surface area (Å²) in [5.74, 6) is -1.08. The summed E-state index contributed by atoms with van der Waals surface area (Å²) in [6, 6.07) is 3.90. The van der Waals surface area contributed by atoms with E-state index in [1.54, 1.807) is 0 Å². The van der Waals surface area contributed by atoms with E-state index in [0.29, 0.717) is 5.69 Å². The molecule has 0 spiro atoms. The highest BCUT2D eigenvalue weighted by Gasteiger charge is 2.30. The smallest absolute Gasteiger partial charge is 0.335 e. The fraction of sp³-hybridized carbons (Fsp3) is 0.429. The molecule has 1 fully saturated rings. The van der Waals surface area contributed by atoms with Gasteiger partial charge in [-0.25, -0.2) is 9.59 Å². The number of hydrogen-bond donors (Lipinski definition) is 3. The van der Waals surface area contributed by atoms with Crippen molar-refractivity contribution in [2.45, 2.75) is 38.1 Å². The van der Waals surface area contributed by atoms with E-state index in [1.165, 1.54) is 18.2 Å². The number of carboxylic acids is 1. The van der Waals surface area contributed by atoms with Gasteiger partial charge in [0.1, 0.15) is 0 Å². The van der Waals surface area contributed by atoms with Crippen LogP contribution >= 0.6 is 11.6 Å². The van der Waals surface area contributed by atoms with E-state index in [4.69, 9.17) is 16.7 Å². The van der Waals surface area contributed by atoms with Gasteiger partial charge in [-0.3, -0.25) is 0 Å². The van der Waals surface area contributed by atoms with E-state index in [-0.39, 0.29) is 22.2 Å². The van der Waals surface area contributed by atoms with E-state index in [9.17, 15) is 9.59 Å². The lowest BCUT2D eigenvalue weighted by atomic mass is 10.0. The highest BCUT2D eigenvalue weighted by Crippen LogP contribution is 2.29. The molecule has 0 heterocycles. The van der Waals surface area contributed by atoms with Crippen molar-refractivity contribution in [3.8, 4) is 0 Å². The number of anilines is 1. The van der Waals surface area contributed by atoms with Gasteiger partial charge in [0.2, 0.25) is 0 Å². The SMILES string of the molecule is CC1(NC(=O)Nc2cc(Cl)cc(C(=O)O)c2)CCCC1. The first-order chi connectivity index (χ1) is 9.38. The molecule has 0 unspecified atom stereocenters. The summed E-state index contributed by atoms with van der Waals surface area (Å²) in [6.45, 7) is 2.01. The summed E-state index contributed by atoms with van der Waals surface area (Å²) >= 11 is 5.84. The van der Waals surface area contributed by atoms with Gasteiger partial charge < -0.3 is 15.7 Å². The molecular formula is C14H17ClN2O3. The van der Waals surface area contributed by atoms with Crippen molar-refractivity contribution in [1.29, 1.82) is 0 Å². The van der Waals surface area contributed by atoms with Gasteiger partial charge in [0.25, 0.3) is 0 Å². The Morgan fingerprint density at radius 2 is 1.90 bits per heavy atom. The van der Waals surface area contributed by atoms with Crippen LogP contribution in [0.5, 0.6) is 0 Å². The maximum absolute atomic E-state index is 12.0. The molecule has 5 nitrogen and oxygen atoms in total. The normalized spacial score (nSPS) is 16.7. The Bertz CT molecular complexity index is 539. The quantitative estimate of drug-likeness (QED) is 0.799. The van der Waals surface area contributed by atoms with Crippen molar-refractivity contribution in [1.82, 2.24) is 5.32 Å². The van der Waals surface area contributed by atoms with Crippen LogP contribution in [-0.4, -0.2) is 22.6 Å². The number of carbonyl (C=O) groups excluding carboxylic acids is 1. The van der Waals surface area contributed by atoms with Gasteiger partial charge in [0.05, 0.1) is 5.56 Å². The molecule has 0 aliphatic heterocycles. The first-order valence-electron chi connectivity index (χ1n) is 6.51. The van der Waals surface area contributed by atoms with Crippen LogP contribution < -0.4 is 10.6 Å². The zero-order valence-electron chi connectivity index (χ0n) is 11.2. The van der Waals surface area contributed by atoms with Crippen LogP contribution in [0.4, 0.5) is 10.5 Å². The van der Waals surface area contributed by atoms with Crippen molar-refractivity contribution < 1.29 is 14.7 Å². The monoisotopic (exact) mass is 296 g/mol. The maximum atomic E-state index is 12.0. The molecule has 1 aliphatic rings. The van der Waals surface area contributed by atoms with Crippen LogP contribution in [0.2, 0.25) is 5.02 Å². The molecule has 2 amide bonds. The molecule has 0 saturated heterocycles. The molecule has 1 aliphatic carbocycles. The van der Waals surface area contributed by atoms with Gasteiger partial charge in [0.15, 0.2) is 0 Å².